The van der Waals surface area contributed by atoms with Crippen LogP contribution in [0.1, 0.15) is 13.3 Å². The van der Waals surface area contributed by atoms with Gasteiger partial charge in [0.05, 0.1) is 23.2 Å². The monoisotopic (exact) mass is 268 g/mol. The smallest absolute Gasteiger partial charge is 0.303 e. The maximum absolute atomic E-state index is 12.3. The Morgan fingerprint density at radius 1 is 1.56 bits per heavy atom. The van der Waals surface area contributed by atoms with Gasteiger partial charge in [0.25, 0.3) is 0 Å². The van der Waals surface area contributed by atoms with Gasteiger partial charge < -0.3 is 9.47 Å². The Morgan fingerprint density at radius 3 is 3.06 bits per heavy atom. The fourth-order valence-corrected chi connectivity index (χ4v) is 4.63. The van der Waals surface area contributed by atoms with Crippen molar-refractivity contribution in [2.75, 3.05) is 0 Å². The fraction of sp³-hybridized carbons (Fsp3) is 0.692. The van der Waals surface area contributed by atoms with Gasteiger partial charge in [-0.3, -0.25) is 9.59 Å². The van der Waals surface area contributed by atoms with Crippen molar-refractivity contribution >= 4 is 23.4 Å². The van der Waals surface area contributed by atoms with E-state index in [2.05, 4.69) is 0 Å². The average molecular weight is 269 g/mol. The summed E-state index contributed by atoms with van der Waals surface area (Å²) in [6.07, 6.45) is 2.20. The van der Waals surface area contributed by atoms with E-state index in [0.717, 1.165) is 6.42 Å². The molecule has 4 fully saturated rings. The van der Waals surface area contributed by atoms with Crippen LogP contribution < -0.4 is 0 Å². The number of hydrogen-bond acceptors (Lipinski definition) is 4. The lowest BCUT2D eigenvalue weighted by molar-refractivity contribution is -0.160. The maximum atomic E-state index is 12.3. The molecule has 0 N–H and O–H groups in total. The lowest BCUT2D eigenvalue weighted by atomic mass is 9.66. The summed E-state index contributed by atoms with van der Waals surface area (Å²) in [7, 11) is 0. The van der Waals surface area contributed by atoms with Crippen molar-refractivity contribution in [3.8, 4) is 0 Å². The van der Waals surface area contributed by atoms with Gasteiger partial charge in [-0.15, -0.1) is 0 Å². The van der Waals surface area contributed by atoms with Crippen molar-refractivity contribution in [2.45, 2.75) is 31.7 Å². The summed E-state index contributed by atoms with van der Waals surface area (Å²) in [5.41, 5.74) is 0. The van der Waals surface area contributed by atoms with Crippen molar-refractivity contribution in [2.24, 2.45) is 23.7 Å². The van der Waals surface area contributed by atoms with E-state index in [1.165, 1.54) is 6.92 Å². The highest BCUT2D eigenvalue weighted by Gasteiger charge is 2.67. The van der Waals surface area contributed by atoms with Gasteiger partial charge in [0.2, 0.25) is 0 Å². The van der Waals surface area contributed by atoms with Crippen LogP contribution in [0.2, 0.25) is 0 Å². The maximum Gasteiger partial charge on any atom is 0.303 e. The largest absolute Gasteiger partial charge is 0.456 e. The van der Waals surface area contributed by atoms with E-state index in [1.54, 1.807) is 0 Å². The summed E-state index contributed by atoms with van der Waals surface area (Å²) in [5.74, 6) is -0.135. The van der Waals surface area contributed by atoms with E-state index in [9.17, 15) is 9.59 Å². The Morgan fingerprint density at radius 2 is 2.33 bits per heavy atom. The molecule has 6 bridgehead atoms. The Hall–Kier alpha value is -0.870. The van der Waals surface area contributed by atoms with Gasteiger partial charge >= 0.3 is 5.97 Å². The zero-order valence-corrected chi connectivity index (χ0v) is 10.6. The van der Waals surface area contributed by atoms with Gasteiger partial charge in [0.1, 0.15) is 11.9 Å². The van der Waals surface area contributed by atoms with Crippen LogP contribution in [0.25, 0.3) is 0 Å². The summed E-state index contributed by atoms with van der Waals surface area (Å²) >= 11 is 6.24. The van der Waals surface area contributed by atoms with Crippen molar-refractivity contribution in [3.05, 3.63) is 11.1 Å². The third kappa shape index (κ3) is 1.16. The highest BCUT2D eigenvalue weighted by atomic mass is 35.5. The molecule has 2 saturated carbocycles. The standard InChI is InChI=1S/C13H13ClO4/c1-4(15)17-13-7(14)2-6-9-8-3-5(11(9)16)10(13)12(6)18-8/h2,5-6,8-10,12-13H,3H2,1H3. The molecule has 96 valence electrons. The van der Waals surface area contributed by atoms with Crippen LogP contribution in [0.15, 0.2) is 11.1 Å². The predicted octanol–water partition coefficient (Wildman–Crippen LogP) is 1.27. The molecule has 5 rings (SSSR count). The molecule has 2 heterocycles. The SMILES string of the molecule is CC(=O)OC1C(Cl)=CC2C3OC4CC(C(=O)C42)C13. The van der Waals surface area contributed by atoms with Crippen LogP contribution in [0, 0.1) is 23.7 Å². The number of ketones is 1. The van der Waals surface area contributed by atoms with Crippen LogP contribution in [-0.4, -0.2) is 30.1 Å². The van der Waals surface area contributed by atoms with E-state index in [1.807, 2.05) is 6.08 Å². The first-order valence-corrected chi connectivity index (χ1v) is 6.69. The summed E-state index contributed by atoms with van der Waals surface area (Å²) < 4.78 is 11.2. The molecular formula is C13H13ClO4. The minimum absolute atomic E-state index is 0.00306. The van der Waals surface area contributed by atoms with Crippen molar-refractivity contribution in [3.63, 3.8) is 0 Å². The summed E-state index contributed by atoms with van der Waals surface area (Å²) in [4.78, 5) is 23.5. The van der Waals surface area contributed by atoms with Gasteiger partial charge in [-0.1, -0.05) is 17.7 Å². The zero-order chi connectivity index (χ0) is 12.6. The van der Waals surface area contributed by atoms with Gasteiger partial charge in [-0.25, -0.2) is 0 Å². The molecule has 7 atom stereocenters. The third-order valence-electron chi connectivity index (χ3n) is 4.82. The van der Waals surface area contributed by atoms with E-state index in [4.69, 9.17) is 21.1 Å². The van der Waals surface area contributed by atoms with Crippen molar-refractivity contribution in [1.29, 1.82) is 0 Å². The molecule has 0 aromatic carbocycles. The number of hydrogen-bond donors (Lipinski definition) is 0. The molecule has 0 aromatic rings. The quantitative estimate of drug-likeness (QED) is 0.672. The molecule has 0 spiro atoms. The summed E-state index contributed by atoms with van der Waals surface area (Å²) in [6, 6.07) is 0. The number of carbonyl (C=O) groups is 2. The molecule has 7 unspecified atom stereocenters. The van der Waals surface area contributed by atoms with Crippen LogP contribution >= 0.6 is 11.6 Å². The zero-order valence-electron chi connectivity index (χ0n) is 9.84. The average Bonchev–Trinajstić information content (AvgIpc) is 2.72. The second kappa shape index (κ2) is 3.36. The van der Waals surface area contributed by atoms with E-state index in [-0.39, 0.29) is 47.6 Å². The minimum atomic E-state index is -0.501. The number of ether oxygens (including phenoxy) is 2. The van der Waals surface area contributed by atoms with E-state index < -0.39 is 6.10 Å². The number of carbonyl (C=O) groups excluding carboxylic acids is 2. The van der Waals surface area contributed by atoms with Crippen molar-refractivity contribution in [1.82, 2.24) is 0 Å². The second-order valence-corrected chi connectivity index (χ2v) is 6.08. The Kier molecular flexibility index (Phi) is 2.06. The third-order valence-corrected chi connectivity index (χ3v) is 5.16. The molecule has 2 aliphatic heterocycles. The molecule has 2 saturated heterocycles. The van der Waals surface area contributed by atoms with Crippen LogP contribution in [-0.2, 0) is 19.1 Å². The van der Waals surface area contributed by atoms with Gasteiger partial charge in [0.15, 0.2) is 0 Å². The predicted molar refractivity (Wildman–Crippen MR) is 61.7 cm³/mol. The van der Waals surface area contributed by atoms with Crippen LogP contribution in [0.4, 0.5) is 0 Å². The highest BCUT2D eigenvalue weighted by Crippen LogP contribution is 2.59. The Labute approximate surface area is 109 Å². The lowest BCUT2D eigenvalue weighted by Crippen LogP contribution is -2.52. The Balaban J connectivity index is 1.79. The Bertz CT molecular complexity index is 485. The van der Waals surface area contributed by atoms with E-state index in [0.29, 0.717) is 5.03 Å². The first-order valence-electron chi connectivity index (χ1n) is 6.31. The number of rotatable bonds is 1. The molecule has 0 aromatic heterocycles. The summed E-state index contributed by atoms with van der Waals surface area (Å²) in [6.45, 7) is 1.36. The van der Waals surface area contributed by atoms with Crippen molar-refractivity contribution < 1.29 is 19.1 Å². The molecule has 5 heteroatoms. The molecule has 0 radical (unpaired) electrons. The number of Topliss-reactive ketones (excluding diaryl/α,β-unsaturated/α-hetero) is 1. The lowest BCUT2D eigenvalue weighted by Gasteiger charge is -2.44. The minimum Gasteiger partial charge on any atom is -0.456 e. The molecule has 3 aliphatic carbocycles. The molecule has 5 aliphatic rings. The molecular weight excluding hydrogens is 256 g/mol. The highest BCUT2D eigenvalue weighted by molar-refractivity contribution is 6.30. The van der Waals surface area contributed by atoms with Crippen LogP contribution in [0.5, 0.6) is 0 Å². The first kappa shape index (κ1) is 11.0. The second-order valence-electron chi connectivity index (χ2n) is 5.65. The normalized spacial score (nSPS) is 51.6. The van der Waals surface area contributed by atoms with E-state index >= 15 is 0 Å². The van der Waals surface area contributed by atoms with Gasteiger partial charge in [-0.05, 0) is 6.42 Å². The van der Waals surface area contributed by atoms with Gasteiger partial charge in [0, 0.05) is 24.7 Å². The fourth-order valence-electron chi connectivity index (χ4n) is 4.30. The molecule has 4 nitrogen and oxygen atoms in total. The number of halogens is 1. The molecule has 0 amide bonds. The topological polar surface area (TPSA) is 52.6 Å². The molecule has 18 heavy (non-hydrogen) atoms. The number of esters is 1. The van der Waals surface area contributed by atoms with Gasteiger partial charge in [-0.2, -0.15) is 0 Å². The van der Waals surface area contributed by atoms with Crippen LogP contribution in [0.3, 0.4) is 0 Å². The summed E-state index contributed by atoms with van der Waals surface area (Å²) in [5, 5.41) is 0.560. The first-order chi connectivity index (χ1) is 8.58.